The van der Waals surface area contributed by atoms with Crippen molar-refractivity contribution in [3.8, 4) is 0 Å². The van der Waals surface area contributed by atoms with Crippen LogP contribution in [0.25, 0.3) is 0 Å². The summed E-state index contributed by atoms with van der Waals surface area (Å²) in [5.41, 5.74) is 0. The third kappa shape index (κ3) is 8.09. The largest absolute Gasteiger partial charge is 0.466 e. The molecule has 106 valence electrons. The van der Waals surface area contributed by atoms with E-state index in [2.05, 4.69) is 6.92 Å². The minimum absolute atomic E-state index is 0.0701. The van der Waals surface area contributed by atoms with Gasteiger partial charge in [0.2, 0.25) is 0 Å². The predicted octanol–water partition coefficient (Wildman–Crippen LogP) is 3.09. The molecule has 4 heteroatoms. The Morgan fingerprint density at radius 1 is 0.944 bits per heavy atom. The number of hydrogen-bond acceptors (Lipinski definition) is 4. The maximum Gasteiger partial charge on any atom is 0.308 e. The molecule has 0 aliphatic rings. The van der Waals surface area contributed by atoms with Gasteiger partial charge in [0.25, 0.3) is 0 Å². The van der Waals surface area contributed by atoms with Gasteiger partial charge < -0.3 is 9.47 Å². The van der Waals surface area contributed by atoms with Gasteiger partial charge in [-0.2, -0.15) is 0 Å². The molecule has 1 atom stereocenters. The zero-order chi connectivity index (χ0) is 13.8. The third-order valence-corrected chi connectivity index (χ3v) is 2.76. The minimum atomic E-state index is -0.185. The van der Waals surface area contributed by atoms with Crippen molar-refractivity contribution in [3.63, 3.8) is 0 Å². The molecule has 0 aliphatic heterocycles. The molecule has 0 heterocycles. The molecule has 0 saturated carbocycles. The summed E-state index contributed by atoms with van der Waals surface area (Å²) in [4.78, 5) is 22.9. The summed E-state index contributed by atoms with van der Waals surface area (Å²) in [5.74, 6) is -0.385. The number of rotatable bonds is 10. The summed E-state index contributed by atoms with van der Waals surface area (Å²) in [5, 5.41) is 0. The molecule has 0 bridgehead atoms. The summed E-state index contributed by atoms with van der Waals surface area (Å²) in [6.45, 7) is 6.53. The van der Waals surface area contributed by atoms with E-state index in [4.69, 9.17) is 9.47 Å². The molecular formula is C14H26O4. The maximum atomic E-state index is 11.7. The molecule has 0 radical (unpaired) electrons. The first-order chi connectivity index (χ1) is 8.65. The van der Waals surface area contributed by atoms with E-state index >= 15 is 0 Å². The number of ether oxygens (including phenoxy) is 2. The van der Waals surface area contributed by atoms with E-state index < -0.39 is 0 Å². The van der Waals surface area contributed by atoms with Crippen molar-refractivity contribution in [1.29, 1.82) is 0 Å². The summed E-state index contributed by atoms with van der Waals surface area (Å²) < 4.78 is 9.91. The summed E-state index contributed by atoms with van der Waals surface area (Å²) >= 11 is 0. The molecule has 1 unspecified atom stereocenters. The van der Waals surface area contributed by atoms with Crippen LogP contribution in [0.2, 0.25) is 0 Å². The highest BCUT2D eigenvalue weighted by Gasteiger charge is 2.19. The smallest absolute Gasteiger partial charge is 0.308 e. The normalized spacial score (nSPS) is 11.9. The van der Waals surface area contributed by atoms with Crippen LogP contribution < -0.4 is 0 Å². The van der Waals surface area contributed by atoms with Crippen molar-refractivity contribution in [2.45, 2.75) is 59.3 Å². The van der Waals surface area contributed by atoms with E-state index in [1.54, 1.807) is 6.92 Å². The Bertz CT molecular complexity index is 238. The monoisotopic (exact) mass is 258 g/mol. The fraction of sp³-hybridized carbons (Fsp3) is 0.857. The van der Waals surface area contributed by atoms with E-state index in [1.165, 1.54) is 0 Å². The number of unbranched alkanes of at least 4 members (excludes halogenated alkanes) is 1. The number of carbonyl (C=O) groups excluding carboxylic acids is 2. The molecule has 4 nitrogen and oxygen atoms in total. The van der Waals surface area contributed by atoms with E-state index in [-0.39, 0.29) is 17.9 Å². The van der Waals surface area contributed by atoms with Crippen molar-refractivity contribution in [3.05, 3.63) is 0 Å². The lowest BCUT2D eigenvalue weighted by Crippen LogP contribution is -2.18. The molecule has 0 fully saturated rings. The summed E-state index contributed by atoms with van der Waals surface area (Å²) in [6, 6.07) is 0. The summed E-state index contributed by atoms with van der Waals surface area (Å²) in [6.07, 6.45) is 4.70. The van der Waals surface area contributed by atoms with E-state index in [0.717, 1.165) is 19.3 Å². The standard InChI is InChI=1S/C14H26O4/c1-4-7-9-12(14(16)18-6-3)10-8-11-13(15)17-5-2/h12H,4-11H2,1-3H3. The molecule has 0 aromatic heterocycles. The van der Waals surface area contributed by atoms with Gasteiger partial charge in [0, 0.05) is 6.42 Å². The molecular weight excluding hydrogens is 232 g/mol. The van der Waals surface area contributed by atoms with Crippen molar-refractivity contribution >= 4 is 11.9 Å². The van der Waals surface area contributed by atoms with Crippen LogP contribution in [0.15, 0.2) is 0 Å². The second-order valence-corrected chi connectivity index (χ2v) is 4.29. The average molecular weight is 258 g/mol. The zero-order valence-corrected chi connectivity index (χ0v) is 11.9. The van der Waals surface area contributed by atoms with Gasteiger partial charge in [-0.05, 0) is 33.1 Å². The van der Waals surface area contributed by atoms with Crippen molar-refractivity contribution in [1.82, 2.24) is 0 Å². The Balaban J connectivity index is 3.99. The van der Waals surface area contributed by atoms with E-state index in [9.17, 15) is 9.59 Å². The molecule has 0 aliphatic carbocycles. The first-order valence-electron chi connectivity index (χ1n) is 6.97. The molecule has 18 heavy (non-hydrogen) atoms. The van der Waals surface area contributed by atoms with Gasteiger partial charge in [-0.25, -0.2) is 0 Å². The Morgan fingerprint density at radius 3 is 2.11 bits per heavy atom. The quantitative estimate of drug-likeness (QED) is 0.565. The van der Waals surface area contributed by atoms with Gasteiger partial charge in [-0.1, -0.05) is 19.8 Å². The average Bonchev–Trinajstić information content (AvgIpc) is 2.34. The van der Waals surface area contributed by atoms with Crippen LogP contribution in [0.4, 0.5) is 0 Å². The highest BCUT2D eigenvalue weighted by molar-refractivity contribution is 5.72. The van der Waals surface area contributed by atoms with Crippen molar-refractivity contribution < 1.29 is 19.1 Å². The lowest BCUT2D eigenvalue weighted by molar-refractivity contribution is -0.149. The van der Waals surface area contributed by atoms with Crippen LogP contribution in [0.3, 0.4) is 0 Å². The molecule has 0 aromatic carbocycles. The predicted molar refractivity (Wildman–Crippen MR) is 70.1 cm³/mol. The Kier molecular flexibility index (Phi) is 10.4. The van der Waals surface area contributed by atoms with Crippen molar-refractivity contribution in [2.75, 3.05) is 13.2 Å². The highest BCUT2D eigenvalue weighted by atomic mass is 16.5. The first kappa shape index (κ1) is 16.9. The fourth-order valence-electron chi connectivity index (χ4n) is 1.82. The Labute approximate surface area is 110 Å². The zero-order valence-electron chi connectivity index (χ0n) is 11.9. The SMILES string of the molecule is CCCCC(CCCC(=O)OCC)C(=O)OCC. The van der Waals surface area contributed by atoms with Crippen LogP contribution >= 0.6 is 0 Å². The topological polar surface area (TPSA) is 52.6 Å². The Hall–Kier alpha value is -1.06. The lowest BCUT2D eigenvalue weighted by atomic mass is 9.96. The van der Waals surface area contributed by atoms with Gasteiger partial charge >= 0.3 is 11.9 Å². The first-order valence-corrected chi connectivity index (χ1v) is 6.97. The Morgan fingerprint density at radius 2 is 1.56 bits per heavy atom. The number of carbonyl (C=O) groups is 2. The van der Waals surface area contributed by atoms with E-state index in [1.807, 2.05) is 6.92 Å². The highest BCUT2D eigenvalue weighted by Crippen LogP contribution is 2.18. The van der Waals surface area contributed by atoms with Crippen LogP contribution in [0.1, 0.15) is 59.3 Å². The molecule has 0 saturated heterocycles. The molecule has 0 rings (SSSR count). The maximum absolute atomic E-state index is 11.7. The van der Waals surface area contributed by atoms with Gasteiger partial charge in [0.05, 0.1) is 19.1 Å². The van der Waals surface area contributed by atoms with Gasteiger partial charge in [-0.3, -0.25) is 9.59 Å². The van der Waals surface area contributed by atoms with E-state index in [0.29, 0.717) is 32.5 Å². The van der Waals surface area contributed by atoms with Gasteiger partial charge in [-0.15, -0.1) is 0 Å². The molecule has 0 aromatic rings. The summed E-state index contributed by atoms with van der Waals surface area (Å²) in [7, 11) is 0. The van der Waals surface area contributed by atoms with Gasteiger partial charge in [0.1, 0.15) is 0 Å². The number of esters is 2. The molecule has 0 amide bonds. The molecule has 0 spiro atoms. The lowest BCUT2D eigenvalue weighted by Gasteiger charge is -2.14. The van der Waals surface area contributed by atoms with Gasteiger partial charge in [0.15, 0.2) is 0 Å². The third-order valence-electron chi connectivity index (χ3n) is 2.76. The second kappa shape index (κ2) is 11.1. The van der Waals surface area contributed by atoms with Crippen LogP contribution in [-0.2, 0) is 19.1 Å². The fourth-order valence-corrected chi connectivity index (χ4v) is 1.82. The molecule has 0 N–H and O–H groups in total. The van der Waals surface area contributed by atoms with Crippen LogP contribution in [0.5, 0.6) is 0 Å². The van der Waals surface area contributed by atoms with Crippen LogP contribution in [0, 0.1) is 5.92 Å². The second-order valence-electron chi connectivity index (χ2n) is 4.29. The van der Waals surface area contributed by atoms with Crippen LogP contribution in [-0.4, -0.2) is 25.2 Å². The minimum Gasteiger partial charge on any atom is -0.466 e. The number of hydrogen-bond donors (Lipinski definition) is 0. The van der Waals surface area contributed by atoms with Crippen molar-refractivity contribution in [2.24, 2.45) is 5.92 Å².